The minimum Gasteiger partial charge on any atom is -0.394 e. The summed E-state index contributed by atoms with van der Waals surface area (Å²) in [7, 11) is 0.909. The highest BCUT2D eigenvalue weighted by Gasteiger charge is 2.39. The highest BCUT2D eigenvalue weighted by molar-refractivity contribution is 7.84. The number of likely N-dealkylation sites (N-methyl/N-ethyl adjacent to an activating group) is 1. The largest absolute Gasteiger partial charge is 0.394 e. The van der Waals surface area contributed by atoms with Crippen molar-refractivity contribution in [3.8, 4) is 0 Å². The molecule has 0 radical (unpaired) electrons. The average Bonchev–Trinajstić information content (AvgIpc) is 3.17. The van der Waals surface area contributed by atoms with Crippen LogP contribution in [-0.2, 0) is 17.2 Å². The number of aromatic nitrogens is 3. The third kappa shape index (κ3) is 4.19. The second-order valence-electron chi connectivity index (χ2n) is 9.50. The number of pyridine rings is 1. The standard InChI is InChI=1S/C23H31ClN6O2S/c1-29-9-6-17-18(29)22(27-21(19(17)33(2)32)28-23(14-31)7-3-8-23)30-10-4-15(5-11-30)20-25-12-16(24)13-26-20/h12-13,15,31H,3-11,14H2,1-2H3,(H,27,28). The molecule has 0 spiro atoms. The smallest absolute Gasteiger partial charge is 0.155 e. The van der Waals surface area contributed by atoms with Crippen LogP contribution < -0.4 is 15.1 Å². The Morgan fingerprint density at radius 1 is 1.24 bits per heavy atom. The topological polar surface area (TPSA) is 94.5 Å². The van der Waals surface area contributed by atoms with Gasteiger partial charge in [-0.2, -0.15) is 0 Å². The number of piperidine rings is 1. The quantitative estimate of drug-likeness (QED) is 0.638. The van der Waals surface area contributed by atoms with E-state index >= 15 is 0 Å². The second kappa shape index (κ2) is 9.00. The van der Waals surface area contributed by atoms with Crippen LogP contribution in [-0.4, -0.2) is 69.4 Å². The van der Waals surface area contributed by atoms with Gasteiger partial charge < -0.3 is 20.2 Å². The zero-order valence-electron chi connectivity index (χ0n) is 19.2. The van der Waals surface area contributed by atoms with E-state index in [9.17, 15) is 9.32 Å². The molecule has 10 heteroatoms. The van der Waals surface area contributed by atoms with Crippen molar-refractivity contribution in [2.75, 3.05) is 54.7 Å². The minimum absolute atomic E-state index is 0.0588. The summed E-state index contributed by atoms with van der Waals surface area (Å²) in [6.45, 7) is 2.65. The Morgan fingerprint density at radius 2 is 1.94 bits per heavy atom. The zero-order chi connectivity index (χ0) is 23.2. The number of nitrogens with zero attached hydrogens (tertiary/aromatic N) is 5. The van der Waals surface area contributed by atoms with Crippen molar-refractivity contribution in [1.29, 1.82) is 0 Å². The van der Waals surface area contributed by atoms with E-state index in [0.717, 1.165) is 85.9 Å². The summed E-state index contributed by atoms with van der Waals surface area (Å²) in [5.41, 5.74) is 1.87. The van der Waals surface area contributed by atoms with Crippen LogP contribution >= 0.6 is 11.6 Å². The molecule has 0 aromatic carbocycles. The predicted molar refractivity (Wildman–Crippen MR) is 132 cm³/mol. The molecule has 4 heterocycles. The molecule has 1 aliphatic carbocycles. The predicted octanol–water partition coefficient (Wildman–Crippen LogP) is 2.97. The third-order valence-electron chi connectivity index (χ3n) is 7.37. The van der Waals surface area contributed by atoms with Gasteiger partial charge in [0.25, 0.3) is 0 Å². The molecule has 2 aliphatic heterocycles. The van der Waals surface area contributed by atoms with Crippen LogP contribution in [0.5, 0.6) is 0 Å². The number of halogens is 1. The number of fused-ring (bicyclic) bond motifs is 1. The Bertz CT molecular complexity index is 1050. The number of hydrogen-bond donors (Lipinski definition) is 2. The lowest BCUT2D eigenvalue weighted by atomic mass is 9.77. The van der Waals surface area contributed by atoms with Crippen LogP contribution in [0.4, 0.5) is 17.3 Å². The van der Waals surface area contributed by atoms with Gasteiger partial charge in [0, 0.05) is 56.8 Å². The normalized spacial score (nSPS) is 21.0. The highest BCUT2D eigenvalue weighted by Crippen LogP contribution is 2.45. The Morgan fingerprint density at radius 3 is 2.52 bits per heavy atom. The van der Waals surface area contributed by atoms with Gasteiger partial charge in [0.05, 0.1) is 38.6 Å². The summed E-state index contributed by atoms with van der Waals surface area (Å²) in [5.74, 6) is 2.78. The lowest BCUT2D eigenvalue weighted by molar-refractivity contribution is 0.143. The molecule has 2 N–H and O–H groups in total. The van der Waals surface area contributed by atoms with Crippen LogP contribution in [0, 0.1) is 0 Å². The van der Waals surface area contributed by atoms with Gasteiger partial charge in [-0.15, -0.1) is 0 Å². The van der Waals surface area contributed by atoms with Gasteiger partial charge in [-0.3, -0.25) is 4.21 Å². The molecule has 1 saturated heterocycles. The molecule has 178 valence electrons. The molecule has 33 heavy (non-hydrogen) atoms. The maximum absolute atomic E-state index is 12.8. The maximum atomic E-state index is 12.8. The number of anilines is 3. The van der Waals surface area contributed by atoms with E-state index in [1.165, 1.54) is 0 Å². The first-order valence-corrected chi connectivity index (χ1v) is 13.6. The molecular formula is C23H31ClN6O2S. The van der Waals surface area contributed by atoms with Crippen molar-refractivity contribution in [3.05, 3.63) is 28.8 Å². The van der Waals surface area contributed by atoms with Gasteiger partial charge in [0.2, 0.25) is 0 Å². The van der Waals surface area contributed by atoms with Crippen LogP contribution in [0.2, 0.25) is 5.02 Å². The van der Waals surface area contributed by atoms with Gasteiger partial charge in [-0.05, 0) is 38.5 Å². The van der Waals surface area contributed by atoms with Crippen LogP contribution in [0.15, 0.2) is 17.3 Å². The second-order valence-corrected chi connectivity index (χ2v) is 11.3. The van der Waals surface area contributed by atoms with Crippen molar-refractivity contribution >= 4 is 39.7 Å². The highest BCUT2D eigenvalue weighted by atomic mass is 35.5. The SMILES string of the molecule is CN1CCc2c1c(N1CCC(c3ncc(Cl)cn3)CC1)nc(NC1(CO)CCC1)c2S(C)=O. The molecule has 5 rings (SSSR count). The van der Waals surface area contributed by atoms with E-state index in [2.05, 4.69) is 32.1 Å². The molecule has 2 aromatic rings. The summed E-state index contributed by atoms with van der Waals surface area (Å²) < 4.78 is 12.8. The summed E-state index contributed by atoms with van der Waals surface area (Å²) in [5, 5.41) is 14.1. The van der Waals surface area contributed by atoms with Crippen molar-refractivity contribution in [1.82, 2.24) is 15.0 Å². The van der Waals surface area contributed by atoms with Crippen LogP contribution in [0.25, 0.3) is 0 Å². The molecule has 3 aliphatic rings. The Kier molecular flexibility index (Phi) is 6.22. The van der Waals surface area contributed by atoms with Crippen molar-refractivity contribution in [2.45, 2.75) is 54.9 Å². The van der Waals surface area contributed by atoms with E-state index in [1.807, 2.05) is 0 Å². The van der Waals surface area contributed by atoms with Crippen molar-refractivity contribution in [2.24, 2.45) is 0 Å². The number of aliphatic hydroxyl groups is 1. The lowest BCUT2D eigenvalue weighted by Crippen LogP contribution is -2.49. The first-order chi connectivity index (χ1) is 15.9. The fourth-order valence-electron chi connectivity index (χ4n) is 5.29. The van der Waals surface area contributed by atoms with Crippen molar-refractivity contribution < 1.29 is 9.32 Å². The number of rotatable bonds is 6. The van der Waals surface area contributed by atoms with Gasteiger partial charge >= 0.3 is 0 Å². The molecule has 8 nitrogen and oxygen atoms in total. The average molecular weight is 491 g/mol. The molecule has 2 aromatic heterocycles. The minimum atomic E-state index is -1.18. The van der Waals surface area contributed by atoms with Gasteiger partial charge in [0.1, 0.15) is 11.6 Å². The van der Waals surface area contributed by atoms with Crippen LogP contribution in [0.1, 0.15) is 49.4 Å². The molecule has 0 bridgehead atoms. The van der Waals surface area contributed by atoms with E-state index in [-0.39, 0.29) is 12.1 Å². The van der Waals surface area contributed by atoms with E-state index in [1.54, 1.807) is 18.6 Å². The van der Waals surface area contributed by atoms with Gasteiger partial charge in [0.15, 0.2) is 5.82 Å². The van der Waals surface area contributed by atoms with E-state index in [0.29, 0.717) is 16.8 Å². The first-order valence-electron chi connectivity index (χ1n) is 11.6. The van der Waals surface area contributed by atoms with E-state index < -0.39 is 10.8 Å². The molecular weight excluding hydrogens is 460 g/mol. The van der Waals surface area contributed by atoms with Crippen molar-refractivity contribution in [3.63, 3.8) is 0 Å². The first kappa shape index (κ1) is 22.8. The fraction of sp³-hybridized carbons (Fsp3) is 0.609. The van der Waals surface area contributed by atoms with Crippen LogP contribution in [0.3, 0.4) is 0 Å². The maximum Gasteiger partial charge on any atom is 0.155 e. The summed E-state index contributed by atoms with van der Waals surface area (Å²) in [6, 6.07) is 0. The summed E-state index contributed by atoms with van der Waals surface area (Å²) in [4.78, 5) is 19.3. The Labute approximate surface area is 202 Å². The van der Waals surface area contributed by atoms with E-state index in [4.69, 9.17) is 16.6 Å². The Balaban J connectivity index is 1.47. The molecule has 1 unspecified atom stereocenters. The van der Waals surface area contributed by atoms with Gasteiger partial charge in [-0.1, -0.05) is 11.6 Å². The monoisotopic (exact) mass is 490 g/mol. The van der Waals surface area contributed by atoms with Gasteiger partial charge in [-0.25, -0.2) is 15.0 Å². The summed E-state index contributed by atoms with van der Waals surface area (Å²) in [6.07, 6.45) is 10.7. The molecule has 2 fully saturated rings. The molecule has 1 atom stereocenters. The lowest BCUT2D eigenvalue weighted by Gasteiger charge is -2.42. The summed E-state index contributed by atoms with van der Waals surface area (Å²) >= 11 is 5.95. The number of aliphatic hydroxyl groups excluding tert-OH is 1. The molecule has 1 saturated carbocycles. The number of hydrogen-bond acceptors (Lipinski definition) is 8. The molecule has 0 amide bonds. The fourth-order valence-corrected chi connectivity index (χ4v) is 6.31. The zero-order valence-corrected chi connectivity index (χ0v) is 20.8. The third-order valence-corrected chi connectivity index (χ3v) is 8.58. The number of nitrogens with one attached hydrogen (secondary N) is 1. The Hall–Kier alpha value is -1.97.